The third kappa shape index (κ3) is 5.29. The standard InChI is InChI=1S/C21H31N5OS/c1-3-8-19-23-24-21(28)26(19)15-20(27)22-13-17-10-4-5-11-18(17)14-25-12-7-6-9-16(25)2/h4-5,10-11,16H,3,6-9,12-15H2,1-2H3,(H,22,27)(H,24,28). The lowest BCUT2D eigenvalue weighted by Crippen LogP contribution is -2.37. The molecule has 1 aliphatic rings. The molecule has 2 N–H and O–H groups in total. The first kappa shape index (κ1) is 20.7. The van der Waals surface area contributed by atoms with Crippen LogP contribution in [0, 0.1) is 4.77 Å². The molecule has 1 aromatic heterocycles. The van der Waals surface area contributed by atoms with Gasteiger partial charge >= 0.3 is 0 Å². The van der Waals surface area contributed by atoms with Crippen molar-refractivity contribution in [3.63, 3.8) is 0 Å². The van der Waals surface area contributed by atoms with Crippen LogP contribution in [0.5, 0.6) is 0 Å². The first-order chi connectivity index (χ1) is 13.6. The maximum atomic E-state index is 12.5. The van der Waals surface area contributed by atoms with Gasteiger partial charge in [-0.15, -0.1) is 0 Å². The smallest absolute Gasteiger partial charge is 0.240 e. The summed E-state index contributed by atoms with van der Waals surface area (Å²) < 4.78 is 2.29. The van der Waals surface area contributed by atoms with E-state index in [1.807, 2.05) is 6.07 Å². The average molecular weight is 402 g/mol. The molecule has 0 bridgehead atoms. The molecule has 1 aliphatic heterocycles. The zero-order valence-electron chi connectivity index (χ0n) is 16.9. The van der Waals surface area contributed by atoms with Gasteiger partial charge < -0.3 is 5.32 Å². The molecule has 0 radical (unpaired) electrons. The molecule has 1 aromatic carbocycles. The highest BCUT2D eigenvalue weighted by Crippen LogP contribution is 2.20. The van der Waals surface area contributed by atoms with Crippen LogP contribution in [0.3, 0.4) is 0 Å². The van der Waals surface area contributed by atoms with Crippen molar-refractivity contribution in [2.45, 2.75) is 71.6 Å². The monoisotopic (exact) mass is 401 g/mol. The van der Waals surface area contributed by atoms with Crippen LogP contribution in [0.2, 0.25) is 0 Å². The van der Waals surface area contributed by atoms with Gasteiger partial charge in [-0.1, -0.05) is 37.6 Å². The van der Waals surface area contributed by atoms with Gasteiger partial charge in [-0.3, -0.25) is 19.4 Å². The molecular weight excluding hydrogens is 370 g/mol. The first-order valence-electron chi connectivity index (χ1n) is 10.3. The van der Waals surface area contributed by atoms with Crippen LogP contribution < -0.4 is 5.32 Å². The second-order valence-corrected chi connectivity index (χ2v) is 8.03. The summed E-state index contributed by atoms with van der Waals surface area (Å²) in [6, 6.07) is 9.02. The quantitative estimate of drug-likeness (QED) is 0.664. The lowest BCUT2D eigenvalue weighted by molar-refractivity contribution is -0.121. The second kappa shape index (κ2) is 9.98. The van der Waals surface area contributed by atoms with Crippen molar-refractivity contribution in [3.05, 3.63) is 46.0 Å². The van der Waals surface area contributed by atoms with Gasteiger partial charge in [0.1, 0.15) is 12.4 Å². The highest BCUT2D eigenvalue weighted by molar-refractivity contribution is 7.71. The van der Waals surface area contributed by atoms with E-state index in [1.54, 1.807) is 4.57 Å². The van der Waals surface area contributed by atoms with Gasteiger partial charge in [0.05, 0.1) is 0 Å². The van der Waals surface area contributed by atoms with Gasteiger partial charge in [0.15, 0.2) is 4.77 Å². The molecule has 3 rings (SSSR count). The lowest BCUT2D eigenvalue weighted by atomic mass is 10.0. The Kier molecular flexibility index (Phi) is 7.39. The van der Waals surface area contributed by atoms with E-state index < -0.39 is 0 Å². The summed E-state index contributed by atoms with van der Waals surface area (Å²) in [5.41, 5.74) is 2.47. The molecule has 1 amide bonds. The number of rotatable bonds is 8. The number of carbonyl (C=O) groups excluding carboxylic acids is 1. The summed E-state index contributed by atoms with van der Waals surface area (Å²) in [4.78, 5) is 15.1. The molecule has 1 atom stereocenters. The van der Waals surface area contributed by atoms with Gasteiger partial charge in [0.2, 0.25) is 5.91 Å². The average Bonchev–Trinajstić information content (AvgIpc) is 3.03. The number of hydrogen-bond donors (Lipinski definition) is 2. The molecule has 6 nitrogen and oxygen atoms in total. The van der Waals surface area contributed by atoms with Crippen LogP contribution in [0.15, 0.2) is 24.3 Å². The molecule has 0 spiro atoms. The normalized spacial score (nSPS) is 17.6. The number of likely N-dealkylation sites (tertiary alicyclic amines) is 1. The first-order valence-corrected chi connectivity index (χ1v) is 10.7. The number of amides is 1. The zero-order valence-corrected chi connectivity index (χ0v) is 17.7. The van der Waals surface area contributed by atoms with Crippen molar-refractivity contribution in [1.29, 1.82) is 0 Å². The van der Waals surface area contributed by atoms with Crippen molar-refractivity contribution >= 4 is 18.1 Å². The highest BCUT2D eigenvalue weighted by atomic mass is 32.1. The molecule has 0 aliphatic carbocycles. The van der Waals surface area contributed by atoms with Gasteiger partial charge in [0, 0.05) is 25.6 Å². The Morgan fingerprint density at radius 1 is 1.32 bits per heavy atom. The van der Waals surface area contributed by atoms with Crippen LogP contribution in [0.25, 0.3) is 0 Å². The molecule has 1 saturated heterocycles. The highest BCUT2D eigenvalue weighted by Gasteiger charge is 2.19. The van der Waals surface area contributed by atoms with Crippen molar-refractivity contribution in [2.24, 2.45) is 0 Å². The van der Waals surface area contributed by atoms with E-state index in [0.717, 1.165) is 31.8 Å². The van der Waals surface area contributed by atoms with E-state index in [-0.39, 0.29) is 12.5 Å². The molecular formula is C21H31N5OS. The van der Waals surface area contributed by atoms with Crippen LogP contribution >= 0.6 is 12.2 Å². The summed E-state index contributed by atoms with van der Waals surface area (Å²) in [6.07, 6.45) is 5.63. The molecule has 1 fully saturated rings. The number of benzene rings is 1. The number of nitrogens with one attached hydrogen (secondary N) is 2. The minimum absolute atomic E-state index is 0.0454. The van der Waals surface area contributed by atoms with Crippen molar-refractivity contribution in [2.75, 3.05) is 6.54 Å². The van der Waals surface area contributed by atoms with Crippen molar-refractivity contribution < 1.29 is 4.79 Å². The SMILES string of the molecule is CCCc1n[nH]c(=S)n1CC(=O)NCc1ccccc1CN1CCCCC1C. The van der Waals surface area contributed by atoms with Gasteiger partial charge in [-0.2, -0.15) is 5.10 Å². The number of nitrogens with zero attached hydrogens (tertiary/aromatic N) is 3. The predicted molar refractivity (Wildman–Crippen MR) is 113 cm³/mol. The summed E-state index contributed by atoms with van der Waals surface area (Å²) in [6.45, 7) is 7.23. The number of aromatic nitrogens is 3. The Morgan fingerprint density at radius 2 is 2.11 bits per heavy atom. The third-order valence-electron chi connectivity index (χ3n) is 5.52. The maximum absolute atomic E-state index is 12.5. The number of aryl methyl sites for hydroxylation is 1. The van der Waals surface area contributed by atoms with Gasteiger partial charge in [0.25, 0.3) is 0 Å². The third-order valence-corrected chi connectivity index (χ3v) is 5.83. The number of hydrogen-bond acceptors (Lipinski definition) is 4. The molecule has 1 unspecified atom stereocenters. The molecule has 0 saturated carbocycles. The fourth-order valence-corrected chi connectivity index (χ4v) is 4.03. The summed E-state index contributed by atoms with van der Waals surface area (Å²) in [7, 11) is 0. The summed E-state index contributed by atoms with van der Waals surface area (Å²) in [5, 5.41) is 10.1. The number of H-pyrrole nitrogens is 1. The Labute approximate surface area is 172 Å². The van der Waals surface area contributed by atoms with Gasteiger partial charge in [-0.05, 0) is 56.1 Å². The second-order valence-electron chi connectivity index (χ2n) is 7.64. The molecule has 2 heterocycles. The Hall–Kier alpha value is -1.99. The topological polar surface area (TPSA) is 66.0 Å². The fourth-order valence-electron chi connectivity index (χ4n) is 3.82. The van der Waals surface area contributed by atoms with Crippen molar-refractivity contribution in [1.82, 2.24) is 25.0 Å². The number of piperidine rings is 1. The fraction of sp³-hybridized carbons (Fsp3) is 0.571. The summed E-state index contributed by atoms with van der Waals surface area (Å²) >= 11 is 5.27. The zero-order chi connectivity index (χ0) is 19.9. The van der Waals surface area contributed by atoms with Crippen LogP contribution in [-0.4, -0.2) is 38.2 Å². The summed E-state index contributed by atoms with van der Waals surface area (Å²) in [5.74, 6) is 0.790. The van der Waals surface area contributed by atoms with E-state index in [1.165, 1.54) is 30.4 Å². The lowest BCUT2D eigenvalue weighted by Gasteiger charge is -2.33. The van der Waals surface area contributed by atoms with Gasteiger partial charge in [-0.25, -0.2) is 0 Å². The molecule has 7 heteroatoms. The molecule has 152 valence electrons. The Bertz CT molecular complexity index is 843. The maximum Gasteiger partial charge on any atom is 0.240 e. The molecule has 2 aromatic rings. The Morgan fingerprint density at radius 3 is 2.86 bits per heavy atom. The Balaban J connectivity index is 1.61. The van der Waals surface area contributed by atoms with E-state index in [9.17, 15) is 4.79 Å². The van der Waals surface area contributed by atoms with Crippen LogP contribution in [0.1, 0.15) is 56.5 Å². The minimum Gasteiger partial charge on any atom is -0.350 e. The number of aromatic amines is 1. The van der Waals surface area contributed by atoms with E-state index in [2.05, 4.69) is 52.5 Å². The minimum atomic E-state index is -0.0454. The van der Waals surface area contributed by atoms with E-state index in [4.69, 9.17) is 12.2 Å². The predicted octanol–water partition coefficient (Wildman–Crippen LogP) is 3.58. The molecule has 28 heavy (non-hydrogen) atoms. The van der Waals surface area contributed by atoms with Crippen LogP contribution in [-0.2, 0) is 30.8 Å². The largest absolute Gasteiger partial charge is 0.350 e. The van der Waals surface area contributed by atoms with Crippen molar-refractivity contribution in [3.8, 4) is 0 Å². The van der Waals surface area contributed by atoms with E-state index in [0.29, 0.717) is 17.4 Å². The number of carbonyl (C=O) groups is 1. The van der Waals surface area contributed by atoms with Crippen LogP contribution in [0.4, 0.5) is 0 Å². The van der Waals surface area contributed by atoms with E-state index >= 15 is 0 Å².